The van der Waals surface area contributed by atoms with Gasteiger partial charge in [-0.2, -0.15) is 0 Å². The summed E-state index contributed by atoms with van der Waals surface area (Å²) in [5.41, 5.74) is 5.41. The lowest BCUT2D eigenvalue weighted by atomic mass is 10.1. The number of rotatable bonds is 4. The third kappa shape index (κ3) is 2.21. The fourth-order valence-electron chi connectivity index (χ4n) is 1.69. The molecule has 1 saturated carbocycles. The maximum Gasteiger partial charge on any atom is 0.229 e. The molecule has 0 spiro atoms. The highest BCUT2D eigenvalue weighted by atomic mass is 16.2. The molecule has 0 bridgehead atoms. The summed E-state index contributed by atoms with van der Waals surface area (Å²) in [6.07, 6.45) is 1.95. The van der Waals surface area contributed by atoms with Crippen molar-refractivity contribution in [3.05, 3.63) is 0 Å². The lowest BCUT2D eigenvalue weighted by Gasteiger charge is -2.24. The second-order valence-corrected chi connectivity index (χ2v) is 4.56. The van der Waals surface area contributed by atoms with Gasteiger partial charge < -0.3 is 10.6 Å². The van der Waals surface area contributed by atoms with Gasteiger partial charge in [-0.3, -0.25) is 4.79 Å². The Labute approximate surface area is 80.3 Å². The van der Waals surface area contributed by atoms with Crippen molar-refractivity contribution in [1.82, 2.24) is 4.90 Å². The van der Waals surface area contributed by atoms with Gasteiger partial charge in [-0.15, -0.1) is 0 Å². The molecule has 1 aliphatic carbocycles. The Kier molecular flexibility index (Phi) is 2.96. The summed E-state index contributed by atoms with van der Waals surface area (Å²) in [5, 5.41) is 0. The van der Waals surface area contributed by atoms with E-state index in [9.17, 15) is 4.79 Å². The van der Waals surface area contributed by atoms with Crippen LogP contribution in [0.2, 0.25) is 0 Å². The molecule has 0 aliphatic heterocycles. The molecule has 1 amide bonds. The zero-order chi connectivity index (χ0) is 10.1. The molecule has 0 aromatic heterocycles. The van der Waals surface area contributed by atoms with Crippen molar-refractivity contribution in [2.45, 2.75) is 26.7 Å². The topological polar surface area (TPSA) is 46.3 Å². The quantitative estimate of drug-likeness (QED) is 0.703. The number of carbonyl (C=O) groups is 1. The van der Waals surface area contributed by atoms with E-state index >= 15 is 0 Å². The average Bonchev–Trinajstić information content (AvgIpc) is 2.82. The molecule has 0 aromatic carbocycles. The van der Waals surface area contributed by atoms with Gasteiger partial charge >= 0.3 is 0 Å². The Morgan fingerprint density at radius 3 is 2.38 bits per heavy atom. The molecule has 0 aromatic rings. The van der Waals surface area contributed by atoms with Gasteiger partial charge in [0.2, 0.25) is 5.91 Å². The van der Waals surface area contributed by atoms with Gasteiger partial charge in [0.15, 0.2) is 0 Å². The molecule has 76 valence electrons. The van der Waals surface area contributed by atoms with Gasteiger partial charge in [-0.1, -0.05) is 13.8 Å². The van der Waals surface area contributed by atoms with Crippen LogP contribution < -0.4 is 5.73 Å². The van der Waals surface area contributed by atoms with E-state index in [4.69, 9.17) is 5.73 Å². The molecule has 0 saturated heterocycles. The third-order valence-corrected chi connectivity index (χ3v) is 2.68. The molecule has 1 aliphatic rings. The highest BCUT2D eigenvalue weighted by molar-refractivity contribution is 5.85. The zero-order valence-electron chi connectivity index (χ0n) is 8.84. The SMILES string of the molecule is CC(C)CN(C)C(=O)C1(CN)CC1. The largest absolute Gasteiger partial charge is 0.345 e. The van der Waals surface area contributed by atoms with Gasteiger partial charge in [-0.05, 0) is 18.8 Å². The van der Waals surface area contributed by atoms with E-state index < -0.39 is 0 Å². The minimum absolute atomic E-state index is 0.177. The Morgan fingerprint density at radius 2 is 2.08 bits per heavy atom. The minimum atomic E-state index is -0.177. The van der Waals surface area contributed by atoms with Gasteiger partial charge in [0.1, 0.15) is 0 Å². The van der Waals surface area contributed by atoms with E-state index in [1.54, 1.807) is 0 Å². The van der Waals surface area contributed by atoms with Gasteiger partial charge in [-0.25, -0.2) is 0 Å². The lowest BCUT2D eigenvalue weighted by Crippen LogP contribution is -2.39. The fourth-order valence-corrected chi connectivity index (χ4v) is 1.69. The number of amides is 1. The molecule has 0 atom stereocenters. The van der Waals surface area contributed by atoms with Crippen LogP contribution in [-0.4, -0.2) is 30.9 Å². The van der Waals surface area contributed by atoms with Crippen LogP contribution in [0, 0.1) is 11.3 Å². The van der Waals surface area contributed by atoms with Crippen molar-refractivity contribution in [3.8, 4) is 0 Å². The summed E-state index contributed by atoms with van der Waals surface area (Å²) >= 11 is 0. The van der Waals surface area contributed by atoms with Crippen molar-refractivity contribution in [2.75, 3.05) is 20.1 Å². The molecular weight excluding hydrogens is 164 g/mol. The predicted octanol–water partition coefficient (Wildman–Crippen LogP) is 0.840. The van der Waals surface area contributed by atoms with Gasteiger partial charge in [0, 0.05) is 20.1 Å². The standard InChI is InChI=1S/C10H20N2O/c1-8(2)6-12(3)9(13)10(7-11)4-5-10/h8H,4-7,11H2,1-3H3. The third-order valence-electron chi connectivity index (χ3n) is 2.68. The maximum absolute atomic E-state index is 11.8. The normalized spacial score (nSPS) is 18.8. The summed E-state index contributed by atoms with van der Waals surface area (Å²) in [5.74, 6) is 0.770. The molecule has 0 unspecified atom stereocenters. The average molecular weight is 184 g/mol. The van der Waals surface area contributed by atoms with Crippen LogP contribution in [0.5, 0.6) is 0 Å². The van der Waals surface area contributed by atoms with E-state index in [0.29, 0.717) is 12.5 Å². The van der Waals surface area contributed by atoms with E-state index in [2.05, 4.69) is 13.8 Å². The molecule has 0 heterocycles. The van der Waals surface area contributed by atoms with Crippen LogP contribution in [-0.2, 0) is 4.79 Å². The van der Waals surface area contributed by atoms with Crippen molar-refractivity contribution >= 4 is 5.91 Å². The molecule has 1 fully saturated rings. The first-order valence-electron chi connectivity index (χ1n) is 4.97. The molecule has 1 rings (SSSR count). The smallest absolute Gasteiger partial charge is 0.229 e. The van der Waals surface area contributed by atoms with E-state index in [0.717, 1.165) is 19.4 Å². The van der Waals surface area contributed by atoms with Crippen LogP contribution in [0.1, 0.15) is 26.7 Å². The highest BCUT2D eigenvalue weighted by Crippen LogP contribution is 2.45. The first kappa shape index (κ1) is 10.5. The second-order valence-electron chi connectivity index (χ2n) is 4.56. The van der Waals surface area contributed by atoms with E-state index in [-0.39, 0.29) is 11.3 Å². The molecule has 3 nitrogen and oxygen atoms in total. The molecule has 2 N–H and O–H groups in total. The number of carbonyl (C=O) groups excluding carboxylic acids is 1. The Hall–Kier alpha value is -0.570. The second kappa shape index (κ2) is 3.66. The van der Waals surface area contributed by atoms with Gasteiger partial charge in [0.05, 0.1) is 5.41 Å². The molecule has 13 heavy (non-hydrogen) atoms. The first-order valence-corrected chi connectivity index (χ1v) is 4.97. The Bertz CT molecular complexity index is 197. The monoisotopic (exact) mass is 184 g/mol. The van der Waals surface area contributed by atoms with E-state index in [1.807, 2.05) is 11.9 Å². The van der Waals surface area contributed by atoms with Crippen molar-refractivity contribution in [1.29, 1.82) is 0 Å². The van der Waals surface area contributed by atoms with Crippen LogP contribution in [0.25, 0.3) is 0 Å². The van der Waals surface area contributed by atoms with Crippen molar-refractivity contribution in [3.63, 3.8) is 0 Å². The van der Waals surface area contributed by atoms with Crippen molar-refractivity contribution in [2.24, 2.45) is 17.1 Å². The maximum atomic E-state index is 11.8. The summed E-state index contributed by atoms with van der Waals surface area (Å²) in [7, 11) is 1.87. The number of hydrogen-bond donors (Lipinski definition) is 1. The fraction of sp³-hybridized carbons (Fsp3) is 0.900. The summed E-state index contributed by atoms with van der Waals surface area (Å²) < 4.78 is 0. The first-order chi connectivity index (χ1) is 6.02. The lowest BCUT2D eigenvalue weighted by molar-refractivity contribution is -0.135. The Balaban J connectivity index is 2.47. The Morgan fingerprint density at radius 1 is 1.54 bits per heavy atom. The van der Waals surface area contributed by atoms with Crippen LogP contribution in [0.15, 0.2) is 0 Å². The van der Waals surface area contributed by atoms with Crippen LogP contribution in [0.4, 0.5) is 0 Å². The summed E-state index contributed by atoms with van der Waals surface area (Å²) in [4.78, 5) is 13.7. The summed E-state index contributed by atoms with van der Waals surface area (Å²) in [6, 6.07) is 0. The minimum Gasteiger partial charge on any atom is -0.345 e. The van der Waals surface area contributed by atoms with Crippen LogP contribution >= 0.6 is 0 Å². The number of nitrogens with two attached hydrogens (primary N) is 1. The molecule has 3 heteroatoms. The van der Waals surface area contributed by atoms with E-state index in [1.165, 1.54) is 0 Å². The van der Waals surface area contributed by atoms with Crippen LogP contribution in [0.3, 0.4) is 0 Å². The predicted molar refractivity (Wildman–Crippen MR) is 53.2 cm³/mol. The number of hydrogen-bond acceptors (Lipinski definition) is 2. The highest BCUT2D eigenvalue weighted by Gasteiger charge is 2.49. The van der Waals surface area contributed by atoms with Crippen molar-refractivity contribution < 1.29 is 4.79 Å². The molecule has 0 radical (unpaired) electrons. The summed E-state index contributed by atoms with van der Waals surface area (Å²) in [6.45, 7) is 5.58. The number of nitrogens with zero attached hydrogens (tertiary/aromatic N) is 1. The zero-order valence-corrected chi connectivity index (χ0v) is 8.84. The molecular formula is C10H20N2O. The van der Waals surface area contributed by atoms with Gasteiger partial charge in [0.25, 0.3) is 0 Å².